The molecule has 0 bridgehead atoms. The quantitative estimate of drug-likeness (QED) is 0.851. The molecule has 2 aromatic rings. The molecule has 0 fully saturated rings. The average molecular weight is 274 g/mol. The summed E-state index contributed by atoms with van der Waals surface area (Å²) in [7, 11) is 0. The van der Waals surface area contributed by atoms with Crippen molar-refractivity contribution in [1.82, 2.24) is 0 Å². The zero-order valence-corrected chi connectivity index (χ0v) is 10.6. The van der Waals surface area contributed by atoms with Crippen LogP contribution in [0.1, 0.15) is 5.56 Å². The normalized spacial score (nSPS) is 9.85. The number of benzene rings is 2. The topological polar surface area (TPSA) is 45.0 Å². The lowest BCUT2D eigenvalue weighted by atomic mass is 10.2. The van der Waals surface area contributed by atoms with Gasteiger partial charge < -0.3 is 10.1 Å². The molecule has 0 radical (unpaired) electrons. The van der Waals surface area contributed by atoms with Crippen molar-refractivity contribution in [2.24, 2.45) is 0 Å². The fourth-order valence-electron chi connectivity index (χ4n) is 1.61. The van der Waals surface area contributed by atoms with Gasteiger partial charge in [-0.25, -0.2) is 8.78 Å². The highest BCUT2D eigenvalue weighted by molar-refractivity contribution is 5.47. The van der Waals surface area contributed by atoms with Gasteiger partial charge in [0.2, 0.25) is 0 Å². The van der Waals surface area contributed by atoms with Crippen LogP contribution in [0.25, 0.3) is 0 Å². The fourth-order valence-corrected chi connectivity index (χ4v) is 1.61. The molecule has 3 nitrogen and oxygen atoms in total. The van der Waals surface area contributed by atoms with E-state index in [0.29, 0.717) is 12.1 Å². The van der Waals surface area contributed by atoms with Crippen LogP contribution in [0.15, 0.2) is 42.5 Å². The van der Waals surface area contributed by atoms with E-state index in [0.717, 1.165) is 17.8 Å². The van der Waals surface area contributed by atoms with Gasteiger partial charge in [-0.2, -0.15) is 5.26 Å². The van der Waals surface area contributed by atoms with Crippen LogP contribution >= 0.6 is 0 Å². The van der Waals surface area contributed by atoms with E-state index >= 15 is 0 Å². The Bertz CT molecular complexity index is 621. The van der Waals surface area contributed by atoms with Crippen LogP contribution in [-0.2, 0) is 0 Å². The Balaban J connectivity index is 1.80. The first-order valence-corrected chi connectivity index (χ1v) is 6.01. The van der Waals surface area contributed by atoms with Crippen molar-refractivity contribution in [3.05, 3.63) is 59.7 Å². The first kappa shape index (κ1) is 13.8. The van der Waals surface area contributed by atoms with Gasteiger partial charge in [0.05, 0.1) is 11.6 Å². The predicted octanol–water partition coefficient (Wildman–Crippen LogP) is 3.33. The third-order valence-corrected chi connectivity index (χ3v) is 2.60. The van der Waals surface area contributed by atoms with Gasteiger partial charge in [0.25, 0.3) is 0 Å². The number of nitrogens with one attached hydrogen (secondary N) is 1. The van der Waals surface area contributed by atoms with E-state index in [9.17, 15) is 8.78 Å². The van der Waals surface area contributed by atoms with Crippen LogP contribution in [0, 0.1) is 23.0 Å². The summed E-state index contributed by atoms with van der Waals surface area (Å²) in [6, 6.07) is 12.2. The molecule has 5 heteroatoms. The molecule has 0 heterocycles. The third kappa shape index (κ3) is 3.69. The number of ether oxygens (including phenoxy) is 1. The molecule has 0 saturated heterocycles. The molecule has 0 aliphatic rings. The molecule has 0 aromatic heterocycles. The second-order valence-electron chi connectivity index (χ2n) is 4.04. The number of anilines is 1. The van der Waals surface area contributed by atoms with Gasteiger partial charge in [-0.15, -0.1) is 0 Å². The van der Waals surface area contributed by atoms with Crippen LogP contribution in [0.5, 0.6) is 5.75 Å². The van der Waals surface area contributed by atoms with Gasteiger partial charge in [-0.3, -0.25) is 0 Å². The summed E-state index contributed by atoms with van der Waals surface area (Å²) in [4.78, 5) is 0. The number of hydrogen-bond donors (Lipinski definition) is 1. The first-order chi connectivity index (χ1) is 9.69. The molecule has 0 spiro atoms. The van der Waals surface area contributed by atoms with Crippen LogP contribution in [-0.4, -0.2) is 13.2 Å². The van der Waals surface area contributed by atoms with Crippen LogP contribution < -0.4 is 10.1 Å². The Morgan fingerprint density at radius 2 is 1.85 bits per heavy atom. The van der Waals surface area contributed by atoms with Gasteiger partial charge >= 0.3 is 0 Å². The van der Waals surface area contributed by atoms with Crippen molar-refractivity contribution in [3.8, 4) is 11.8 Å². The standard InChI is InChI=1S/C15H12F2N2O/c16-12-3-6-15(14(17)9-12)20-8-7-19-13-4-1-11(10-18)2-5-13/h1-6,9,19H,7-8H2. The predicted molar refractivity (Wildman–Crippen MR) is 71.5 cm³/mol. The smallest absolute Gasteiger partial charge is 0.167 e. The lowest BCUT2D eigenvalue weighted by molar-refractivity contribution is 0.314. The zero-order valence-electron chi connectivity index (χ0n) is 10.6. The van der Waals surface area contributed by atoms with Crippen molar-refractivity contribution in [2.75, 3.05) is 18.5 Å². The lowest BCUT2D eigenvalue weighted by Gasteiger charge is -2.09. The minimum absolute atomic E-state index is 0.0213. The van der Waals surface area contributed by atoms with E-state index in [4.69, 9.17) is 10.00 Å². The maximum Gasteiger partial charge on any atom is 0.167 e. The van der Waals surface area contributed by atoms with E-state index in [2.05, 4.69) is 5.32 Å². The maximum absolute atomic E-state index is 13.3. The SMILES string of the molecule is N#Cc1ccc(NCCOc2ccc(F)cc2F)cc1. The first-order valence-electron chi connectivity index (χ1n) is 6.01. The largest absolute Gasteiger partial charge is 0.489 e. The van der Waals surface area contributed by atoms with Gasteiger partial charge in [-0.1, -0.05) is 0 Å². The van der Waals surface area contributed by atoms with E-state index in [1.165, 1.54) is 6.07 Å². The monoisotopic (exact) mass is 274 g/mol. The molecule has 0 amide bonds. The van der Waals surface area contributed by atoms with E-state index < -0.39 is 11.6 Å². The lowest BCUT2D eigenvalue weighted by Crippen LogP contribution is -2.12. The summed E-state index contributed by atoms with van der Waals surface area (Å²) >= 11 is 0. The summed E-state index contributed by atoms with van der Waals surface area (Å²) in [6.45, 7) is 0.700. The molecule has 2 aromatic carbocycles. The van der Waals surface area contributed by atoms with Crippen LogP contribution in [0.3, 0.4) is 0 Å². The minimum Gasteiger partial charge on any atom is -0.489 e. The van der Waals surface area contributed by atoms with Gasteiger partial charge in [-0.05, 0) is 36.4 Å². The third-order valence-electron chi connectivity index (χ3n) is 2.60. The second kappa shape index (κ2) is 6.53. The van der Waals surface area contributed by atoms with E-state index in [1.807, 2.05) is 6.07 Å². The summed E-state index contributed by atoms with van der Waals surface area (Å²) in [5.41, 5.74) is 1.42. The molecular formula is C15H12F2N2O. The number of halogens is 2. The number of nitrogens with zero attached hydrogens (tertiary/aromatic N) is 1. The maximum atomic E-state index is 13.3. The molecule has 0 atom stereocenters. The molecule has 2 rings (SSSR count). The van der Waals surface area contributed by atoms with Gasteiger partial charge in [0.1, 0.15) is 12.4 Å². The highest BCUT2D eigenvalue weighted by Gasteiger charge is 2.04. The van der Waals surface area contributed by atoms with Gasteiger partial charge in [0.15, 0.2) is 11.6 Å². The fraction of sp³-hybridized carbons (Fsp3) is 0.133. The van der Waals surface area contributed by atoms with E-state index in [1.54, 1.807) is 24.3 Å². The Labute approximate surface area is 115 Å². The summed E-state index contributed by atoms with van der Waals surface area (Å²) in [6.07, 6.45) is 0. The van der Waals surface area contributed by atoms with Crippen molar-refractivity contribution in [2.45, 2.75) is 0 Å². The number of rotatable bonds is 5. The molecule has 1 N–H and O–H groups in total. The van der Waals surface area contributed by atoms with E-state index in [-0.39, 0.29) is 12.4 Å². The molecule has 0 unspecified atom stereocenters. The molecule has 20 heavy (non-hydrogen) atoms. The van der Waals surface area contributed by atoms with Crippen molar-refractivity contribution in [1.29, 1.82) is 5.26 Å². The highest BCUT2D eigenvalue weighted by Crippen LogP contribution is 2.17. The summed E-state index contributed by atoms with van der Waals surface area (Å²) in [5.74, 6) is -1.33. The summed E-state index contributed by atoms with van der Waals surface area (Å²) in [5, 5.41) is 11.7. The molecule has 0 aliphatic heterocycles. The minimum atomic E-state index is -0.719. The average Bonchev–Trinajstić information content (AvgIpc) is 2.46. The van der Waals surface area contributed by atoms with Crippen molar-refractivity contribution in [3.63, 3.8) is 0 Å². The number of hydrogen-bond acceptors (Lipinski definition) is 3. The summed E-state index contributed by atoms with van der Waals surface area (Å²) < 4.78 is 31.2. The van der Waals surface area contributed by atoms with Crippen molar-refractivity contribution < 1.29 is 13.5 Å². The number of nitriles is 1. The highest BCUT2D eigenvalue weighted by atomic mass is 19.1. The van der Waals surface area contributed by atoms with Crippen LogP contribution in [0.2, 0.25) is 0 Å². The zero-order chi connectivity index (χ0) is 14.4. The Morgan fingerprint density at radius 1 is 1.10 bits per heavy atom. The molecule has 102 valence electrons. The Hall–Kier alpha value is -2.61. The molecule has 0 saturated carbocycles. The Morgan fingerprint density at radius 3 is 2.50 bits per heavy atom. The molecule has 0 aliphatic carbocycles. The van der Waals surface area contributed by atoms with Crippen LogP contribution in [0.4, 0.5) is 14.5 Å². The Kier molecular flexibility index (Phi) is 4.51. The van der Waals surface area contributed by atoms with Gasteiger partial charge in [0, 0.05) is 18.3 Å². The second-order valence-corrected chi connectivity index (χ2v) is 4.04. The van der Waals surface area contributed by atoms with Crippen molar-refractivity contribution >= 4 is 5.69 Å². The molecular weight excluding hydrogens is 262 g/mol.